The SMILES string of the molecule is C[C@@H](OC(=O)c1c[nH]c2ccccc12)C(=O)N[C@@H]1CCCc2ccccc21. The zero-order chi connectivity index (χ0) is 18.8. The fourth-order valence-corrected chi connectivity index (χ4v) is 3.71. The van der Waals surface area contributed by atoms with Gasteiger partial charge in [0.15, 0.2) is 6.10 Å². The number of aryl methyl sites for hydroxylation is 1. The maximum atomic E-state index is 12.6. The number of amides is 1. The van der Waals surface area contributed by atoms with Gasteiger partial charge in [-0.2, -0.15) is 0 Å². The molecule has 2 N–H and O–H groups in total. The molecule has 2 aromatic carbocycles. The number of esters is 1. The standard InChI is InChI=1S/C22H22N2O3/c1-14(27-22(26)18-13-23-19-11-5-4-10-17(18)19)21(25)24-20-12-6-8-15-7-2-3-9-16(15)20/h2-5,7,9-11,13-14,20,23H,6,8,12H2,1H3,(H,24,25)/t14-,20-/m1/s1. The molecule has 5 heteroatoms. The average molecular weight is 362 g/mol. The van der Waals surface area contributed by atoms with Gasteiger partial charge in [-0.05, 0) is 43.4 Å². The predicted molar refractivity (Wildman–Crippen MR) is 103 cm³/mol. The number of hydrogen-bond acceptors (Lipinski definition) is 3. The monoisotopic (exact) mass is 362 g/mol. The van der Waals surface area contributed by atoms with Crippen LogP contribution in [-0.4, -0.2) is 23.0 Å². The van der Waals surface area contributed by atoms with Gasteiger partial charge in [0.25, 0.3) is 5.91 Å². The lowest BCUT2D eigenvalue weighted by atomic mass is 9.87. The van der Waals surface area contributed by atoms with Crippen LogP contribution in [0.1, 0.15) is 47.3 Å². The Balaban J connectivity index is 1.43. The molecule has 27 heavy (non-hydrogen) atoms. The van der Waals surface area contributed by atoms with Gasteiger partial charge in [0.05, 0.1) is 11.6 Å². The van der Waals surface area contributed by atoms with E-state index >= 15 is 0 Å². The van der Waals surface area contributed by atoms with Crippen LogP contribution in [0.3, 0.4) is 0 Å². The third-order valence-electron chi connectivity index (χ3n) is 5.15. The number of nitrogens with one attached hydrogen (secondary N) is 2. The molecular weight excluding hydrogens is 340 g/mol. The summed E-state index contributed by atoms with van der Waals surface area (Å²) in [6.07, 6.45) is 3.72. The number of carbonyl (C=O) groups is 2. The van der Waals surface area contributed by atoms with Gasteiger partial charge >= 0.3 is 5.97 Å². The Morgan fingerprint density at radius 2 is 1.93 bits per heavy atom. The van der Waals surface area contributed by atoms with E-state index in [1.807, 2.05) is 36.4 Å². The van der Waals surface area contributed by atoms with Gasteiger partial charge in [-0.25, -0.2) is 4.79 Å². The first-order valence-electron chi connectivity index (χ1n) is 9.29. The molecule has 2 atom stereocenters. The van der Waals surface area contributed by atoms with E-state index in [1.165, 1.54) is 5.56 Å². The van der Waals surface area contributed by atoms with Crippen molar-refractivity contribution in [2.75, 3.05) is 0 Å². The van der Waals surface area contributed by atoms with Crippen LogP contribution in [0.15, 0.2) is 54.7 Å². The molecule has 1 amide bonds. The van der Waals surface area contributed by atoms with E-state index in [0.29, 0.717) is 5.56 Å². The fourth-order valence-electron chi connectivity index (χ4n) is 3.71. The van der Waals surface area contributed by atoms with Gasteiger partial charge in [-0.3, -0.25) is 4.79 Å². The molecule has 0 fully saturated rings. The molecule has 1 aliphatic carbocycles. The third-order valence-corrected chi connectivity index (χ3v) is 5.15. The molecule has 0 bridgehead atoms. The molecular formula is C22H22N2O3. The van der Waals surface area contributed by atoms with Crippen LogP contribution in [-0.2, 0) is 16.0 Å². The molecule has 0 radical (unpaired) electrons. The normalized spacial score (nSPS) is 17.1. The van der Waals surface area contributed by atoms with Crippen molar-refractivity contribution in [1.82, 2.24) is 10.3 Å². The van der Waals surface area contributed by atoms with Crippen molar-refractivity contribution in [3.8, 4) is 0 Å². The summed E-state index contributed by atoms with van der Waals surface area (Å²) >= 11 is 0. The van der Waals surface area contributed by atoms with Crippen LogP contribution >= 0.6 is 0 Å². The number of para-hydroxylation sites is 1. The van der Waals surface area contributed by atoms with Crippen LogP contribution < -0.4 is 5.32 Å². The van der Waals surface area contributed by atoms with Crippen molar-refractivity contribution >= 4 is 22.8 Å². The van der Waals surface area contributed by atoms with Crippen molar-refractivity contribution in [3.63, 3.8) is 0 Å². The minimum absolute atomic E-state index is 0.0308. The second kappa shape index (κ2) is 7.27. The minimum atomic E-state index is -0.861. The van der Waals surface area contributed by atoms with E-state index in [-0.39, 0.29) is 11.9 Å². The van der Waals surface area contributed by atoms with E-state index in [9.17, 15) is 9.59 Å². The van der Waals surface area contributed by atoms with Crippen LogP contribution in [0.5, 0.6) is 0 Å². The number of benzene rings is 2. The fraction of sp³-hybridized carbons (Fsp3) is 0.273. The molecule has 1 aromatic heterocycles. The molecule has 0 saturated carbocycles. The Morgan fingerprint density at radius 1 is 1.15 bits per heavy atom. The maximum absolute atomic E-state index is 12.6. The van der Waals surface area contributed by atoms with Crippen LogP contribution in [0, 0.1) is 0 Å². The number of hydrogen-bond donors (Lipinski definition) is 2. The van der Waals surface area contributed by atoms with Gasteiger partial charge in [-0.15, -0.1) is 0 Å². The Morgan fingerprint density at radius 3 is 2.81 bits per heavy atom. The topological polar surface area (TPSA) is 71.2 Å². The highest BCUT2D eigenvalue weighted by Gasteiger charge is 2.26. The number of rotatable bonds is 4. The van der Waals surface area contributed by atoms with E-state index < -0.39 is 12.1 Å². The van der Waals surface area contributed by atoms with Gasteiger partial charge in [0, 0.05) is 17.1 Å². The van der Waals surface area contributed by atoms with Crippen molar-refractivity contribution in [2.24, 2.45) is 0 Å². The molecule has 0 saturated heterocycles. The lowest BCUT2D eigenvalue weighted by Crippen LogP contribution is -2.39. The first-order valence-corrected chi connectivity index (χ1v) is 9.29. The van der Waals surface area contributed by atoms with E-state index in [2.05, 4.69) is 22.4 Å². The molecule has 4 rings (SSSR count). The zero-order valence-corrected chi connectivity index (χ0v) is 15.2. The van der Waals surface area contributed by atoms with Crippen molar-refractivity contribution in [1.29, 1.82) is 0 Å². The summed E-state index contributed by atoms with van der Waals surface area (Å²) in [5.74, 6) is -0.774. The first-order chi connectivity index (χ1) is 13.1. The Bertz CT molecular complexity index is 992. The van der Waals surface area contributed by atoms with Crippen molar-refractivity contribution < 1.29 is 14.3 Å². The summed E-state index contributed by atoms with van der Waals surface area (Å²) in [5.41, 5.74) is 3.73. The minimum Gasteiger partial charge on any atom is -0.449 e. The summed E-state index contributed by atoms with van der Waals surface area (Å²) in [6, 6.07) is 15.6. The summed E-state index contributed by atoms with van der Waals surface area (Å²) in [7, 11) is 0. The molecule has 1 aliphatic rings. The molecule has 1 heterocycles. The maximum Gasteiger partial charge on any atom is 0.341 e. The second-order valence-corrected chi connectivity index (χ2v) is 6.95. The Labute approximate surface area is 157 Å². The van der Waals surface area contributed by atoms with E-state index in [4.69, 9.17) is 4.74 Å². The zero-order valence-electron chi connectivity index (χ0n) is 15.2. The van der Waals surface area contributed by atoms with E-state index in [1.54, 1.807) is 13.1 Å². The summed E-state index contributed by atoms with van der Waals surface area (Å²) in [4.78, 5) is 28.1. The van der Waals surface area contributed by atoms with Crippen LogP contribution in [0.25, 0.3) is 10.9 Å². The Kier molecular flexibility index (Phi) is 4.67. The summed E-state index contributed by atoms with van der Waals surface area (Å²) < 4.78 is 5.42. The van der Waals surface area contributed by atoms with Crippen molar-refractivity contribution in [2.45, 2.75) is 38.3 Å². The third kappa shape index (κ3) is 3.45. The molecule has 138 valence electrons. The van der Waals surface area contributed by atoms with Gasteiger partial charge in [0.2, 0.25) is 0 Å². The second-order valence-electron chi connectivity index (χ2n) is 6.95. The van der Waals surface area contributed by atoms with Gasteiger partial charge < -0.3 is 15.0 Å². The molecule has 0 unspecified atom stereocenters. The number of fused-ring (bicyclic) bond motifs is 2. The van der Waals surface area contributed by atoms with E-state index in [0.717, 1.165) is 35.7 Å². The lowest BCUT2D eigenvalue weighted by Gasteiger charge is -2.27. The lowest BCUT2D eigenvalue weighted by molar-refractivity contribution is -0.130. The largest absolute Gasteiger partial charge is 0.449 e. The first kappa shape index (κ1) is 17.3. The summed E-state index contributed by atoms with van der Waals surface area (Å²) in [6.45, 7) is 1.61. The molecule has 0 aliphatic heterocycles. The number of aromatic nitrogens is 1. The highest BCUT2D eigenvalue weighted by Crippen LogP contribution is 2.29. The predicted octanol–water partition coefficient (Wildman–Crippen LogP) is 3.91. The molecule has 3 aromatic rings. The summed E-state index contributed by atoms with van der Waals surface area (Å²) in [5, 5.41) is 3.83. The highest BCUT2D eigenvalue weighted by atomic mass is 16.5. The quantitative estimate of drug-likeness (QED) is 0.691. The highest BCUT2D eigenvalue weighted by molar-refractivity contribution is 6.04. The smallest absolute Gasteiger partial charge is 0.341 e. The molecule has 0 spiro atoms. The van der Waals surface area contributed by atoms with Crippen molar-refractivity contribution in [3.05, 3.63) is 71.4 Å². The number of aromatic amines is 1. The molecule has 5 nitrogen and oxygen atoms in total. The van der Waals surface area contributed by atoms with Gasteiger partial charge in [0.1, 0.15) is 0 Å². The number of ether oxygens (including phenoxy) is 1. The Hall–Kier alpha value is -3.08. The van der Waals surface area contributed by atoms with Gasteiger partial charge in [-0.1, -0.05) is 42.5 Å². The van der Waals surface area contributed by atoms with Crippen LogP contribution in [0.2, 0.25) is 0 Å². The average Bonchev–Trinajstić information content (AvgIpc) is 3.12. The number of H-pyrrole nitrogens is 1. The number of carbonyl (C=O) groups excluding carboxylic acids is 2. The van der Waals surface area contributed by atoms with Crippen LogP contribution in [0.4, 0.5) is 0 Å².